The number of rotatable bonds is 5. The van der Waals surface area contributed by atoms with Gasteiger partial charge in [0.2, 0.25) is 0 Å². The number of methoxy groups -OCH3 is 1. The van der Waals surface area contributed by atoms with E-state index in [2.05, 4.69) is 10.3 Å². The lowest BCUT2D eigenvalue weighted by Crippen LogP contribution is -2.23. The highest BCUT2D eigenvalue weighted by Crippen LogP contribution is 2.17. The van der Waals surface area contributed by atoms with E-state index in [1.165, 1.54) is 0 Å². The Kier molecular flexibility index (Phi) is 4.61. The lowest BCUT2D eigenvalue weighted by atomic mass is 10.1. The first-order chi connectivity index (χ1) is 11.7. The first-order valence-corrected chi connectivity index (χ1v) is 7.68. The average molecular weight is 321 g/mol. The van der Waals surface area contributed by atoms with Crippen LogP contribution in [0.5, 0.6) is 5.75 Å². The summed E-state index contributed by atoms with van der Waals surface area (Å²) in [6.45, 7) is 2.42. The third-order valence-corrected chi connectivity index (χ3v) is 3.75. The molecule has 0 aliphatic heterocycles. The van der Waals surface area contributed by atoms with Gasteiger partial charge < -0.3 is 14.6 Å². The van der Waals surface area contributed by atoms with E-state index in [0.29, 0.717) is 17.9 Å². The van der Waals surface area contributed by atoms with Crippen molar-refractivity contribution in [3.05, 3.63) is 77.9 Å². The number of amides is 1. The molecule has 1 heterocycles. The monoisotopic (exact) mass is 321 g/mol. The van der Waals surface area contributed by atoms with Crippen LogP contribution in [0.3, 0.4) is 0 Å². The van der Waals surface area contributed by atoms with E-state index in [-0.39, 0.29) is 5.91 Å². The van der Waals surface area contributed by atoms with Crippen LogP contribution in [0.4, 0.5) is 0 Å². The molecule has 1 N–H and O–H groups in total. The molecule has 3 rings (SSSR count). The number of hydrogen-bond acceptors (Lipinski definition) is 3. The second-order valence-electron chi connectivity index (χ2n) is 5.47. The minimum atomic E-state index is -0.151. The van der Waals surface area contributed by atoms with E-state index >= 15 is 0 Å². The molecule has 1 aromatic heterocycles. The van der Waals surface area contributed by atoms with Crippen molar-refractivity contribution < 1.29 is 9.53 Å². The molecule has 0 spiro atoms. The molecule has 0 aliphatic carbocycles. The molecule has 122 valence electrons. The summed E-state index contributed by atoms with van der Waals surface area (Å²) in [6.07, 6.45) is 3.76. The molecule has 0 atom stereocenters. The van der Waals surface area contributed by atoms with E-state index in [4.69, 9.17) is 4.74 Å². The van der Waals surface area contributed by atoms with Gasteiger partial charge in [-0.15, -0.1) is 0 Å². The number of hydrogen-bond donors (Lipinski definition) is 1. The number of aromatic nitrogens is 2. The maximum Gasteiger partial charge on any atom is 0.255 e. The minimum Gasteiger partial charge on any atom is -0.496 e. The predicted octanol–water partition coefficient (Wildman–Crippen LogP) is 3.12. The third-order valence-electron chi connectivity index (χ3n) is 3.75. The van der Waals surface area contributed by atoms with Gasteiger partial charge in [0.15, 0.2) is 0 Å². The second-order valence-corrected chi connectivity index (χ2v) is 5.47. The number of ether oxygens (including phenoxy) is 1. The Morgan fingerprint density at radius 3 is 2.58 bits per heavy atom. The zero-order chi connectivity index (χ0) is 16.9. The number of nitrogens with one attached hydrogen (secondary N) is 1. The van der Waals surface area contributed by atoms with Crippen LogP contribution in [0.2, 0.25) is 0 Å². The zero-order valence-corrected chi connectivity index (χ0v) is 13.7. The van der Waals surface area contributed by atoms with Crippen molar-refractivity contribution >= 4 is 5.91 Å². The quantitative estimate of drug-likeness (QED) is 0.785. The van der Waals surface area contributed by atoms with Crippen LogP contribution in [0, 0.1) is 6.92 Å². The number of benzene rings is 2. The van der Waals surface area contributed by atoms with Gasteiger partial charge >= 0.3 is 0 Å². The van der Waals surface area contributed by atoms with Crippen LogP contribution in [0.25, 0.3) is 5.69 Å². The summed E-state index contributed by atoms with van der Waals surface area (Å²) in [6, 6.07) is 15.2. The fraction of sp³-hybridized carbons (Fsp3) is 0.158. The summed E-state index contributed by atoms with van der Waals surface area (Å²) in [5.74, 6) is 0.419. The molecule has 0 fully saturated rings. The summed E-state index contributed by atoms with van der Waals surface area (Å²) >= 11 is 0. The molecule has 3 aromatic rings. The van der Waals surface area contributed by atoms with Gasteiger partial charge in [-0.1, -0.05) is 24.3 Å². The first kappa shape index (κ1) is 15.8. The molecule has 2 aromatic carbocycles. The molecular weight excluding hydrogens is 302 g/mol. The van der Waals surface area contributed by atoms with Gasteiger partial charge in [0.05, 0.1) is 24.7 Å². The highest BCUT2D eigenvalue weighted by molar-refractivity contribution is 5.96. The lowest BCUT2D eigenvalue weighted by molar-refractivity contribution is 0.0948. The van der Waals surface area contributed by atoms with Crippen LogP contribution < -0.4 is 10.1 Å². The minimum absolute atomic E-state index is 0.151. The van der Waals surface area contributed by atoms with Gasteiger partial charge in [0.25, 0.3) is 5.91 Å². The number of imidazole rings is 1. The molecule has 24 heavy (non-hydrogen) atoms. The van der Waals surface area contributed by atoms with Gasteiger partial charge in [0, 0.05) is 18.4 Å². The van der Waals surface area contributed by atoms with E-state index < -0.39 is 0 Å². The summed E-state index contributed by atoms with van der Waals surface area (Å²) < 4.78 is 7.18. The zero-order valence-electron chi connectivity index (χ0n) is 13.7. The molecule has 1 amide bonds. The Hall–Kier alpha value is -3.08. The summed E-state index contributed by atoms with van der Waals surface area (Å²) in [5.41, 5.74) is 3.57. The van der Waals surface area contributed by atoms with Gasteiger partial charge in [-0.2, -0.15) is 0 Å². The molecule has 0 bridgehead atoms. The molecule has 0 radical (unpaired) electrons. The largest absolute Gasteiger partial charge is 0.496 e. The van der Waals surface area contributed by atoms with Gasteiger partial charge in [-0.3, -0.25) is 4.79 Å². The normalized spacial score (nSPS) is 10.4. The van der Waals surface area contributed by atoms with E-state index in [9.17, 15) is 4.79 Å². The topological polar surface area (TPSA) is 56.1 Å². The Morgan fingerprint density at radius 2 is 1.92 bits per heavy atom. The summed E-state index contributed by atoms with van der Waals surface area (Å²) in [7, 11) is 1.56. The van der Waals surface area contributed by atoms with E-state index in [0.717, 1.165) is 16.9 Å². The van der Waals surface area contributed by atoms with Crippen molar-refractivity contribution in [2.45, 2.75) is 13.5 Å². The molecule has 0 unspecified atom stereocenters. The maximum absolute atomic E-state index is 12.3. The number of aryl methyl sites for hydroxylation is 1. The van der Waals surface area contributed by atoms with Crippen molar-refractivity contribution in [1.82, 2.24) is 14.9 Å². The highest BCUT2D eigenvalue weighted by Gasteiger charge is 2.10. The maximum atomic E-state index is 12.3. The SMILES string of the molecule is COc1ccccc1C(=O)NCc1ccc(-n2cnc(C)c2)cc1. The Bertz CT molecular complexity index is 838. The van der Waals surface area contributed by atoms with Gasteiger partial charge in [-0.05, 0) is 36.8 Å². The standard InChI is InChI=1S/C19H19N3O2/c1-14-12-22(13-21-14)16-9-7-15(8-10-16)11-20-19(23)17-5-3-4-6-18(17)24-2/h3-10,12-13H,11H2,1-2H3,(H,20,23). The fourth-order valence-electron chi connectivity index (χ4n) is 2.46. The van der Waals surface area contributed by atoms with Crippen molar-refractivity contribution in [2.75, 3.05) is 7.11 Å². The molecule has 0 saturated heterocycles. The highest BCUT2D eigenvalue weighted by atomic mass is 16.5. The summed E-state index contributed by atoms with van der Waals surface area (Å²) in [4.78, 5) is 16.5. The fourth-order valence-corrected chi connectivity index (χ4v) is 2.46. The van der Waals surface area contributed by atoms with E-state index in [1.54, 1.807) is 25.6 Å². The predicted molar refractivity (Wildman–Crippen MR) is 92.5 cm³/mol. The molecule has 5 nitrogen and oxygen atoms in total. The Balaban J connectivity index is 1.65. The summed E-state index contributed by atoms with van der Waals surface area (Å²) in [5, 5.41) is 2.92. The first-order valence-electron chi connectivity index (χ1n) is 7.68. The molecule has 5 heteroatoms. The van der Waals surface area contributed by atoms with Crippen LogP contribution in [-0.4, -0.2) is 22.6 Å². The lowest BCUT2D eigenvalue weighted by Gasteiger charge is -2.09. The van der Waals surface area contributed by atoms with Crippen LogP contribution in [-0.2, 0) is 6.54 Å². The third kappa shape index (κ3) is 3.46. The number of carbonyl (C=O) groups is 1. The number of carbonyl (C=O) groups excluding carboxylic acids is 1. The van der Waals surface area contributed by atoms with Crippen molar-refractivity contribution in [1.29, 1.82) is 0 Å². The molecular formula is C19H19N3O2. The number of para-hydroxylation sites is 1. The van der Waals surface area contributed by atoms with Crippen LogP contribution >= 0.6 is 0 Å². The van der Waals surface area contributed by atoms with Gasteiger partial charge in [-0.25, -0.2) is 4.98 Å². The number of nitrogens with zero attached hydrogens (tertiary/aromatic N) is 2. The van der Waals surface area contributed by atoms with Gasteiger partial charge in [0.1, 0.15) is 5.75 Å². The Morgan fingerprint density at radius 1 is 1.17 bits per heavy atom. The van der Waals surface area contributed by atoms with Crippen LogP contribution in [0.15, 0.2) is 61.1 Å². The van der Waals surface area contributed by atoms with Crippen molar-refractivity contribution in [3.8, 4) is 11.4 Å². The Labute approximate surface area is 140 Å². The molecule has 0 aliphatic rings. The second kappa shape index (κ2) is 7.00. The molecule has 0 saturated carbocycles. The average Bonchev–Trinajstić information content (AvgIpc) is 3.06. The smallest absolute Gasteiger partial charge is 0.255 e. The van der Waals surface area contributed by atoms with E-state index in [1.807, 2.05) is 54.1 Å². The van der Waals surface area contributed by atoms with Crippen molar-refractivity contribution in [2.24, 2.45) is 0 Å². The van der Waals surface area contributed by atoms with Crippen LogP contribution in [0.1, 0.15) is 21.6 Å². The van der Waals surface area contributed by atoms with Crippen molar-refractivity contribution in [3.63, 3.8) is 0 Å².